The lowest BCUT2D eigenvalue weighted by Crippen LogP contribution is -2.57. The number of carbonyl (C=O) groups excluding carboxylic acids is 3. The molecule has 3 N–H and O–H groups in total. The van der Waals surface area contributed by atoms with E-state index < -0.39 is 17.5 Å². The Bertz CT molecular complexity index is 657. The molecule has 10 nitrogen and oxygen atoms in total. The summed E-state index contributed by atoms with van der Waals surface area (Å²) >= 11 is 0. The number of ketones is 1. The maximum absolute atomic E-state index is 13.1. The molecule has 0 fully saturated rings. The highest BCUT2D eigenvalue weighted by Gasteiger charge is 2.34. The normalized spacial score (nSPS) is 13.9. The van der Waals surface area contributed by atoms with Crippen LogP contribution >= 0.6 is 0 Å². The smallest absolute Gasteiger partial charge is 0.237 e. The molecular weight excluding hydrogens is 478 g/mol. The standard InChI is InChI=1S/C27H53N3O7/c1-20(2)23(30-27(6,7)8)25(33)29-21(24(32)26(3,4)5)10-11-22(31)28-12-13-35-16-17-37-19-18-36-15-14-34-9/h20-21,23,30H,10-19H2,1-9H3,(H,28,31)(H,29,33)/t21-,23?/m0/s1. The van der Waals surface area contributed by atoms with Crippen LogP contribution in [0.25, 0.3) is 0 Å². The molecule has 0 saturated carbocycles. The van der Waals surface area contributed by atoms with Crippen LogP contribution in [0.15, 0.2) is 0 Å². The molecule has 1 unspecified atom stereocenters. The van der Waals surface area contributed by atoms with E-state index in [1.807, 2.05) is 55.4 Å². The number of amides is 2. The van der Waals surface area contributed by atoms with Gasteiger partial charge in [-0.15, -0.1) is 0 Å². The van der Waals surface area contributed by atoms with Gasteiger partial charge in [-0.1, -0.05) is 34.6 Å². The molecule has 10 heteroatoms. The van der Waals surface area contributed by atoms with Gasteiger partial charge in [-0.2, -0.15) is 0 Å². The summed E-state index contributed by atoms with van der Waals surface area (Å²) < 4.78 is 21.0. The lowest BCUT2D eigenvalue weighted by Gasteiger charge is -2.32. The van der Waals surface area contributed by atoms with Crippen molar-refractivity contribution in [1.29, 1.82) is 0 Å². The lowest BCUT2D eigenvalue weighted by atomic mass is 9.84. The Morgan fingerprint density at radius 1 is 0.784 bits per heavy atom. The monoisotopic (exact) mass is 531 g/mol. The van der Waals surface area contributed by atoms with Gasteiger partial charge in [-0.3, -0.25) is 14.4 Å². The molecule has 0 saturated heterocycles. The molecule has 0 bridgehead atoms. The van der Waals surface area contributed by atoms with Crippen molar-refractivity contribution in [3.8, 4) is 0 Å². The zero-order valence-corrected chi connectivity index (χ0v) is 24.7. The first kappa shape index (κ1) is 35.4. The fourth-order valence-corrected chi connectivity index (χ4v) is 3.37. The Labute approximate surface area is 224 Å². The third-order valence-corrected chi connectivity index (χ3v) is 5.31. The van der Waals surface area contributed by atoms with E-state index >= 15 is 0 Å². The van der Waals surface area contributed by atoms with Crippen LogP contribution in [0.1, 0.15) is 68.2 Å². The van der Waals surface area contributed by atoms with E-state index in [2.05, 4.69) is 16.0 Å². The summed E-state index contributed by atoms with van der Waals surface area (Å²) in [6.45, 7) is 19.0. The van der Waals surface area contributed by atoms with Gasteiger partial charge in [0.05, 0.1) is 58.3 Å². The van der Waals surface area contributed by atoms with E-state index in [0.717, 1.165) is 0 Å². The molecule has 0 aliphatic carbocycles. The molecule has 0 radical (unpaired) electrons. The Hall–Kier alpha value is -1.59. The minimum atomic E-state index is -0.742. The second-order valence-electron chi connectivity index (χ2n) is 11.5. The maximum atomic E-state index is 13.1. The average Bonchev–Trinajstić information content (AvgIpc) is 2.78. The highest BCUT2D eigenvalue weighted by molar-refractivity contribution is 5.94. The minimum absolute atomic E-state index is 0.0348. The second kappa shape index (κ2) is 18.6. The molecular formula is C27H53N3O7. The van der Waals surface area contributed by atoms with Crippen LogP contribution in [0.5, 0.6) is 0 Å². The van der Waals surface area contributed by atoms with Crippen molar-refractivity contribution in [2.24, 2.45) is 11.3 Å². The van der Waals surface area contributed by atoms with Gasteiger partial charge >= 0.3 is 0 Å². The summed E-state index contributed by atoms with van der Waals surface area (Å²) in [6, 6.07) is -1.19. The molecule has 0 aromatic heterocycles. The van der Waals surface area contributed by atoms with Crippen LogP contribution in [0, 0.1) is 11.3 Å². The number of ether oxygens (including phenoxy) is 4. The third-order valence-electron chi connectivity index (χ3n) is 5.31. The van der Waals surface area contributed by atoms with E-state index in [-0.39, 0.29) is 41.9 Å². The van der Waals surface area contributed by atoms with Crippen molar-refractivity contribution in [3.05, 3.63) is 0 Å². The third kappa shape index (κ3) is 18.3. The van der Waals surface area contributed by atoms with Crippen molar-refractivity contribution in [2.45, 2.75) is 85.9 Å². The van der Waals surface area contributed by atoms with Crippen LogP contribution in [0.4, 0.5) is 0 Å². The first-order valence-corrected chi connectivity index (χ1v) is 13.3. The van der Waals surface area contributed by atoms with E-state index in [0.29, 0.717) is 52.8 Å². The molecule has 0 aliphatic rings. The van der Waals surface area contributed by atoms with Crippen molar-refractivity contribution < 1.29 is 33.3 Å². The molecule has 218 valence electrons. The number of nitrogens with one attached hydrogen (secondary N) is 3. The summed E-state index contributed by atoms with van der Waals surface area (Å²) in [5, 5.41) is 9.04. The summed E-state index contributed by atoms with van der Waals surface area (Å²) in [5.41, 5.74) is -0.909. The SMILES string of the molecule is COCCOCCOCCOCCNC(=O)CC[C@H](NC(=O)C(NC(C)(C)C)C(C)C)C(=O)C(C)(C)C. The van der Waals surface area contributed by atoms with Crippen LogP contribution in [0.3, 0.4) is 0 Å². The maximum Gasteiger partial charge on any atom is 0.237 e. The quantitative estimate of drug-likeness (QED) is 0.204. The molecule has 0 aromatic carbocycles. The van der Waals surface area contributed by atoms with Crippen LogP contribution < -0.4 is 16.0 Å². The Morgan fingerprint density at radius 3 is 1.76 bits per heavy atom. The Balaban J connectivity index is 4.49. The van der Waals surface area contributed by atoms with Crippen molar-refractivity contribution in [1.82, 2.24) is 16.0 Å². The van der Waals surface area contributed by atoms with E-state index in [4.69, 9.17) is 18.9 Å². The first-order valence-electron chi connectivity index (χ1n) is 13.3. The van der Waals surface area contributed by atoms with Crippen molar-refractivity contribution in [3.63, 3.8) is 0 Å². The van der Waals surface area contributed by atoms with Crippen LogP contribution in [0.2, 0.25) is 0 Å². The largest absolute Gasteiger partial charge is 0.382 e. The molecule has 0 heterocycles. The molecule has 0 aliphatic heterocycles. The molecule has 0 rings (SSSR count). The summed E-state index contributed by atoms with van der Waals surface area (Å²) in [7, 11) is 1.62. The van der Waals surface area contributed by atoms with Gasteiger partial charge < -0.3 is 34.9 Å². The van der Waals surface area contributed by atoms with Gasteiger partial charge in [0.2, 0.25) is 11.8 Å². The summed E-state index contributed by atoms with van der Waals surface area (Å²) in [6.07, 6.45) is 0.354. The van der Waals surface area contributed by atoms with E-state index in [1.54, 1.807) is 7.11 Å². The number of rotatable bonds is 20. The van der Waals surface area contributed by atoms with Gasteiger partial charge in [0.1, 0.15) is 0 Å². The van der Waals surface area contributed by atoms with Gasteiger partial charge in [-0.25, -0.2) is 0 Å². The minimum Gasteiger partial charge on any atom is -0.382 e. The second-order valence-corrected chi connectivity index (χ2v) is 11.5. The molecule has 0 aromatic rings. The number of methoxy groups -OCH3 is 1. The lowest BCUT2D eigenvalue weighted by molar-refractivity contribution is -0.134. The predicted molar refractivity (Wildman–Crippen MR) is 144 cm³/mol. The number of carbonyl (C=O) groups is 3. The summed E-state index contributed by atoms with van der Waals surface area (Å²) in [5.74, 6) is -0.487. The number of Topliss-reactive ketones (excluding diaryl/α,β-unsaturated/α-hetero) is 1. The topological polar surface area (TPSA) is 124 Å². The average molecular weight is 532 g/mol. The van der Waals surface area contributed by atoms with Crippen LogP contribution in [-0.4, -0.2) is 95.1 Å². The summed E-state index contributed by atoms with van der Waals surface area (Å²) in [4.78, 5) is 38.5. The molecule has 37 heavy (non-hydrogen) atoms. The Morgan fingerprint density at radius 2 is 1.30 bits per heavy atom. The van der Waals surface area contributed by atoms with Gasteiger partial charge in [0, 0.05) is 31.0 Å². The van der Waals surface area contributed by atoms with Gasteiger partial charge in [0.15, 0.2) is 5.78 Å². The fourth-order valence-electron chi connectivity index (χ4n) is 3.37. The first-order chi connectivity index (χ1) is 17.2. The van der Waals surface area contributed by atoms with E-state index in [9.17, 15) is 14.4 Å². The zero-order chi connectivity index (χ0) is 28.5. The predicted octanol–water partition coefficient (Wildman–Crippen LogP) is 2.09. The van der Waals surface area contributed by atoms with E-state index in [1.165, 1.54) is 0 Å². The highest BCUT2D eigenvalue weighted by atomic mass is 16.6. The van der Waals surface area contributed by atoms with Crippen molar-refractivity contribution in [2.75, 3.05) is 59.9 Å². The van der Waals surface area contributed by atoms with Gasteiger partial charge in [0.25, 0.3) is 0 Å². The molecule has 2 atom stereocenters. The zero-order valence-electron chi connectivity index (χ0n) is 24.7. The highest BCUT2D eigenvalue weighted by Crippen LogP contribution is 2.20. The fraction of sp³-hybridized carbons (Fsp3) is 0.889. The Kier molecular flexibility index (Phi) is 17.8. The number of hydrogen-bond acceptors (Lipinski definition) is 8. The molecule has 0 spiro atoms. The molecule has 2 amide bonds. The van der Waals surface area contributed by atoms with Gasteiger partial charge in [-0.05, 0) is 33.1 Å². The van der Waals surface area contributed by atoms with Crippen molar-refractivity contribution >= 4 is 17.6 Å². The number of hydrogen-bond donors (Lipinski definition) is 3. The van der Waals surface area contributed by atoms with Crippen LogP contribution in [-0.2, 0) is 33.3 Å².